The minimum atomic E-state index is -0.812. The van der Waals surface area contributed by atoms with Gasteiger partial charge in [0.05, 0.1) is 12.8 Å². The predicted molar refractivity (Wildman–Crippen MR) is 102 cm³/mol. The van der Waals surface area contributed by atoms with Crippen molar-refractivity contribution in [2.24, 2.45) is 5.73 Å². The molecule has 0 bridgehead atoms. The quantitative estimate of drug-likeness (QED) is 0.494. The van der Waals surface area contributed by atoms with Crippen molar-refractivity contribution >= 4 is 17.1 Å². The fourth-order valence-electron chi connectivity index (χ4n) is 2.93. The molecule has 0 saturated heterocycles. The van der Waals surface area contributed by atoms with Crippen molar-refractivity contribution in [3.8, 4) is 28.6 Å². The normalized spacial score (nSPS) is 10.9. The van der Waals surface area contributed by atoms with E-state index in [1.807, 2.05) is 0 Å². The number of ether oxygens (including phenoxy) is 1. The molecule has 9 heteroatoms. The maximum Gasteiger partial charge on any atom is 0.332 e. The van der Waals surface area contributed by atoms with Gasteiger partial charge in [-0.2, -0.15) is 0 Å². The Morgan fingerprint density at radius 2 is 1.96 bits per heavy atom. The van der Waals surface area contributed by atoms with Gasteiger partial charge in [-0.25, -0.2) is 19.3 Å². The van der Waals surface area contributed by atoms with Crippen LogP contribution in [0.1, 0.15) is 10.5 Å². The molecule has 0 fully saturated rings. The maximum atomic E-state index is 12.6. The molecule has 0 radical (unpaired) electrons. The lowest BCUT2D eigenvalue weighted by Crippen LogP contribution is -2.15. The molecule has 0 saturated carbocycles. The molecule has 4 N–H and O–H groups in total. The average molecular weight is 377 g/mol. The number of nitrogens with two attached hydrogens (primary N) is 1. The van der Waals surface area contributed by atoms with Crippen LogP contribution in [0.15, 0.2) is 53.3 Å². The van der Waals surface area contributed by atoms with Crippen LogP contribution < -0.4 is 16.2 Å². The van der Waals surface area contributed by atoms with Gasteiger partial charge in [0.2, 0.25) is 0 Å². The van der Waals surface area contributed by atoms with E-state index in [-0.39, 0.29) is 28.4 Å². The molecule has 2 aromatic heterocycles. The van der Waals surface area contributed by atoms with Gasteiger partial charge in [0.1, 0.15) is 17.0 Å². The van der Waals surface area contributed by atoms with Crippen LogP contribution in [-0.2, 0) is 0 Å². The number of amides is 1. The number of methoxy groups -OCH3 is 1. The number of aromatic hydroxyl groups is 1. The summed E-state index contributed by atoms with van der Waals surface area (Å²) in [7, 11) is 1.52. The van der Waals surface area contributed by atoms with E-state index in [0.717, 1.165) is 0 Å². The zero-order valence-electron chi connectivity index (χ0n) is 14.7. The number of phenols is 1. The fourth-order valence-corrected chi connectivity index (χ4v) is 2.93. The number of carbonyl (C=O) groups excluding carboxylic acids is 1. The van der Waals surface area contributed by atoms with Crippen LogP contribution in [0.5, 0.6) is 11.5 Å². The number of hydrogen-bond donors (Lipinski definition) is 3. The highest BCUT2D eigenvalue weighted by Crippen LogP contribution is 2.25. The summed E-state index contributed by atoms with van der Waals surface area (Å²) < 4.78 is 6.52. The Bertz CT molecular complexity index is 1280. The van der Waals surface area contributed by atoms with Crippen molar-refractivity contribution in [3.63, 3.8) is 0 Å². The van der Waals surface area contributed by atoms with Crippen LogP contribution in [0.3, 0.4) is 0 Å². The van der Waals surface area contributed by atoms with Crippen molar-refractivity contribution in [1.29, 1.82) is 0 Å². The monoisotopic (exact) mass is 377 g/mol. The fraction of sp³-hybridized carbons (Fsp3) is 0.0526. The molecule has 4 aromatic rings. The first kappa shape index (κ1) is 17.3. The minimum Gasteiger partial charge on any atom is -0.508 e. The van der Waals surface area contributed by atoms with Gasteiger partial charge >= 0.3 is 5.69 Å². The number of primary amides is 1. The van der Waals surface area contributed by atoms with Crippen LogP contribution in [0, 0.1) is 0 Å². The van der Waals surface area contributed by atoms with Crippen LogP contribution in [-0.4, -0.2) is 37.6 Å². The van der Waals surface area contributed by atoms with E-state index in [0.29, 0.717) is 17.0 Å². The van der Waals surface area contributed by atoms with Crippen molar-refractivity contribution in [1.82, 2.24) is 19.5 Å². The summed E-state index contributed by atoms with van der Waals surface area (Å²) in [5, 5.41) is 9.74. The number of rotatable bonds is 4. The van der Waals surface area contributed by atoms with Gasteiger partial charge in [0.25, 0.3) is 5.91 Å². The Hall–Kier alpha value is -4.14. The molecule has 9 nitrogen and oxygen atoms in total. The highest BCUT2D eigenvalue weighted by Gasteiger charge is 2.20. The van der Waals surface area contributed by atoms with Crippen LogP contribution >= 0.6 is 0 Å². The number of carbonyl (C=O) groups is 1. The molecule has 140 valence electrons. The van der Waals surface area contributed by atoms with E-state index in [4.69, 9.17) is 10.5 Å². The first-order valence-electron chi connectivity index (χ1n) is 8.24. The van der Waals surface area contributed by atoms with Gasteiger partial charge in [-0.05, 0) is 24.3 Å². The first-order chi connectivity index (χ1) is 13.5. The lowest BCUT2D eigenvalue weighted by atomic mass is 10.2. The molecule has 0 spiro atoms. The molecule has 0 aliphatic heterocycles. The molecule has 28 heavy (non-hydrogen) atoms. The van der Waals surface area contributed by atoms with E-state index in [1.165, 1.54) is 23.8 Å². The second-order valence-electron chi connectivity index (χ2n) is 5.98. The minimum absolute atomic E-state index is 0.0149. The molecule has 0 aliphatic rings. The molecule has 1 amide bonds. The molecule has 4 rings (SSSR count). The van der Waals surface area contributed by atoms with Crippen molar-refractivity contribution in [2.75, 3.05) is 7.11 Å². The molecular formula is C19H15N5O4. The van der Waals surface area contributed by atoms with Gasteiger partial charge in [-0.15, -0.1) is 0 Å². The molecule has 2 aromatic carbocycles. The van der Waals surface area contributed by atoms with Gasteiger partial charge in [0, 0.05) is 11.6 Å². The van der Waals surface area contributed by atoms with Gasteiger partial charge < -0.3 is 20.6 Å². The van der Waals surface area contributed by atoms with E-state index in [1.54, 1.807) is 36.4 Å². The van der Waals surface area contributed by atoms with Crippen molar-refractivity contribution < 1.29 is 14.6 Å². The lowest BCUT2D eigenvalue weighted by molar-refractivity contribution is 0.0997. The summed E-state index contributed by atoms with van der Waals surface area (Å²) in [4.78, 5) is 35.8. The SMILES string of the molecule is COc1cccc(-n2c(=O)[nH]c3c(C(N)=O)nc(-c4cccc(O)c4)nc32)c1. The number of phenolic OH excluding ortho intramolecular Hbond substituents is 1. The summed E-state index contributed by atoms with van der Waals surface area (Å²) in [6, 6.07) is 13.1. The number of imidazole rings is 1. The number of benzene rings is 2. The third-order valence-corrected chi connectivity index (χ3v) is 4.19. The number of nitrogens with zero attached hydrogens (tertiary/aromatic N) is 3. The number of H-pyrrole nitrogens is 1. The summed E-state index contributed by atoms with van der Waals surface area (Å²) >= 11 is 0. The topological polar surface area (TPSA) is 136 Å². The smallest absolute Gasteiger partial charge is 0.332 e. The zero-order valence-corrected chi connectivity index (χ0v) is 14.7. The highest BCUT2D eigenvalue weighted by atomic mass is 16.5. The Morgan fingerprint density at radius 3 is 2.68 bits per heavy atom. The summed E-state index contributed by atoms with van der Waals surface area (Å²) in [5.74, 6) is -0.0992. The third-order valence-electron chi connectivity index (χ3n) is 4.19. The second kappa shape index (κ2) is 6.54. The van der Waals surface area contributed by atoms with E-state index in [9.17, 15) is 14.7 Å². The largest absolute Gasteiger partial charge is 0.508 e. The van der Waals surface area contributed by atoms with E-state index in [2.05, 4.69) is 15.0 Å². The second-order valence-corrected chi connectivity index (χ2v) is 5.98. The van der Waals surface area contributed by atoms with Gasteiger partial charge in [-0.1, -0.05) is 18.2 Å². The summed E-state index contributed by atoms with van der Waals surface area (Å²) in [5.41, 5.74) is 6.11. The molecule has 2 heterocycles. The number of nitrogens with one attached hydrogen (secondary N) is 1. The molecule has 0 atom stereocenters. The standard InChI is InChI=1S/C19H15N5O4/c1-28-13-7-3-5-11(9-13)24-18-15(22-19(24)27)14(16(20)26)21-17(23-18)10-4-2-6-12(25)8-10/h2-9,25H,1H3,(H2,20,26)(H,22,27). The Balaban J connectivity index is 2.05. The van der Waals surface area contributed by atoms with Crippen LogP contribution in [0.4, 0.5) is 0 Å². The number of fused-ring (bicyclic) bond motifs is 1. The third kappa shape index (κ3) is 2.84. The predicted octanol–water partition coefficient (Wildman–Crippen LogP) is 1.59. The maximum absolute atomic E-state index is 12.6. The van der Waals surface area contributed by atoms with Crippen LogP contribution in [0.25, 0.3) is 28.2 Å². The van der Waals surface area contributed by atoms with E-state index < -0.39 is 11.6 Å². The highest BCUT2D eigenvalue weighted by molar-refractivity contribution is 6.02. The molecule has 0 unspecified atom stereocenters. The Morgan fingerprint density at radius 1 is 1.18 bits per heavy atom. The average Bonchev–Trinajstić information content (AvgIpc) is 3.02. The number of aromatic nitrogens is 4. The summed E-state index contributed by atoms with van der Waals surface area (Å²) in [6.07, 6.45) is 0. The van der Waals surface area contributed by atoms with E-state index >= 15 is 0 Å². The van der Waals surface area contributed by atoms with Crippen LogP contribution in [0.2, 0.25) is 0 Å². The van der Waals surface area contributed by atoms with Gasteiger partial charge in [-0.3, -0.25) is 4.79 Å². The van der Waals surface area contributed by atoms with Crippen molar-refractivity contribution in [2.45, 2.75) is 0 Å². The molecule has 0 aliphatic carbocycles. The van der Waals surface area contributed by atoms with Crippen molar-refractivity contribution in [3.05, 3.63) is 64.7 Å². The lowest BCUT2D eigenvalue weighted by Gasteiger charge is -2.08. The Kier molecular flexibility index (Phi) is 4.04. The molecular weight excluding hydrogens is 362 g/mol. The summed E-state index contributed by atoms with van der Waals surface area (Å²) in [6.45, 7) is 0. The zero-order chi connectivity index (χ0) is 19.8. The number of aromatic amines is 1. The Labute approximate surface area is 158 Å². The number of hydrogen-bond acceptors (Lipinski definition) is 6. The van der Waals surface area contributed by atoms with Gasteiger partial charge in [0.15, 0.2) is 17.2 Å². The first-order valence-corrected chi connectivity index (χ1v) is 8.24.